The lowest BCUT2D eigenvalue weighted by molar-refractivity contribution is 0.414. The molecule has 0 amide bonds. The normalized spacial score (nSPS) is 11.1. The van der Waals surface area contributed by atoms with E-state index in [9.17, 15) is 0 Å². The van der Waals surface area contributed by atoms with E-state index in [-0.39, 0.29) is 0 Å². The van der Waals surface area contributed by atoms with Crippen molar-refractivity contribution in [3.05, 3.63) is 72.8 Å². The average Bonchev–Trinajstić information content (AvgIpc) is 3.21. The zero-order valence-electron chi connectivity index (χ0n) is 16.0. The van der Waals surface area contributed by atoms with Crippen molar-refractivity contribution in [2.45, 2.75) is 0 Å². The van der Waals surface area contributed by atoms with Crippen molar-refractivity contribution < 1.29 is 9.47 Å². The number of benzene rings is 3. The number of methoxy groups -OCH3 is 2. The zero-order valence-corrected chi connectivity index (χ0v) is 16.0. The second kappa shape index (κ2) is 6.91. The predicted molar refractivity (Wildman–Crippen MR) is 112 cm³/mol. The van der Waals surface area contributed by atoms with Gasteiger partial charge in [-0.15, -0.1) is 0 Å². The summed E-state index contributed by atoms with van der Waals surface area (Å²) in [6.07, 6.45) is 0. The van der Waals surface area contributed by atoms with Crippen LogP contribution in [0.2, 0.25) is 0 Å². The van der Waals surface area contributed by atoms with Crippen molar-refractivity contribution in [1.82, 2.24) is 19.5 Å². The summed E-state index contributed by atoms with van der Waals surface area (Å²) in [6.45, 7) is 0. The van der Waals surface area contributed by atoms with Crippen LogP contribution < -0.4 is 9.47 Å². The van der Waals surface area contributed by atoms with E-state index in [0.29, 0.717) is 17.5 Å². The molecule has 2 aliphatic heterocycles. The first-order valence-electron chi connectivity index (χ1n) is 9.21. The molecule has 5 rings (SSSR count). The molecule has 0 unspecified atom stereocenters. The Labute approximate surface area is 167 Å². The second-order valence-corrected chi connectivity index (χ2v) is 6.56. The van der Waals surface area contributed by atoms with Crippen LogP contribution in [0.5, 0.6) is 11.5 Å². The summed E-state index contributed by atoms with van der Waals surface area (Å²) >= 11 is 0. The fraction of sp³-hybridized carbons (Fsp3) is 0.0870. The molecule has 6 heteroatoms. The summed E-state index contributed by atoms with van der Waals surface area (Å²) in [5.74, 6) is 3.48. The summed E-state index contributed by atoms with van der Waals surface area (Å²) < 4.78 is 12.8. The van der Waals surface area contributed by atoms with Crippen LogP contribution in [-0.4, -0.2) is 33.7 Å². The van der Waals surface area contributed by atoms with Crippen LogP contribution in [0.3, 0.4) is 0 Å². The first-order valence-corrected chi connectivity index (χ1v) is 9.21. The summed E-state index contributed by atoms with van der Waals surface area (Å²) in [6, 6.07) is 23.5. The fourth-order valence-corrected chi connectivity index (χ4v) is 3.39. The maximum Gasteiger partial charge on any atom is 0.199 e. The minimum atomic E-state index is 0.595. The number of fused-ring (bicyclic) bond motifs is 2. The Morgan fingerprint density at radius 1 is 0.690 bits per heavy atom. The SMILES string of the molecule is COc1ccc(-n2c3nc(-c4ccccc4)nc-3nc3ccc(OC)cc32)cc1. The molecule has 0 radical (unpaired) electrons. The minimum Gasteiger partial charge on any atom is -0.497 e. The highest BCUT2D eigenvalue weighted by atomic mass is 16.5. The molecule has 0 bridgehead atoms. The molecule has 0 saturated heterocycles. The molecule has 3 aromatic rings. The third-order valence-corrected chi connectivity index (χ3v) is 4.85. The van der Waals surface area contributed by atoms with Crippen LogP contribution in [0.15, 0.2) is 72.8 Å². The Hall–Kier alpha value is -3.93. The van der Waals surface area contributed by atoms with E-state index in [0.717, 1.165) is 33.8 Å². The van der Waals surface area contributed by atoms with Gasteiger partial charge in [0.25, 0.3) is 0 Å². The van der Waals surface area contributed by atoms with Gasteiger partial charge in [-0.05, 0) is 36.4 Å². The lowest BCUT2D eigenvalue weighted by Crippen LogP contribution is -2.06. The zero-order chi connectivity index (χ0) is 19.8. The molecule has 2 heterocycles. The third-order valence-electron chi connectivity index (χ3n) is 4.85. The van der Waals surface area contributed by atoms with Gasteiger partial charge in [0, 0.05) is 17.3 Å². The van der Waals surface area contributed by atoms with E-state index in [1.807, 2.05) is 72.8 Å². The number of hydrogen-bond acceptors (Lipinski definition) is 5. The Morgan fingerprint density at radius 2 is 1.41 bits per heavy atom. The van der Waals surface area contributed by atoms with Crippen LogP contribution in [0, 0.1) is 0 Å². The quantitative estimate of drug-likeness (QED) is 0.454. The lowest BCUT2D eigenvalue weighted by Gasteiger charge is -2.15. The first-order chi connectivity index (χ1) is 14.3. The van der Waals surface area contributed by atoms with Crippen molar-refractivity contribution in [3.8, 4) is 40.2 Å². The highest BCUT2D eigenvalue weighted by molar-refractivity contribution is 5.83. The Kier molecular flexibility index (Phi) is 4.09. The number of hydrogen-bond donors (Lipinski definition) is 0. The molecule has 0 N–H and O–H groups in total. The van der Waals surface area contributed by atoms with Gasteiger partial charge in [0.15, 0.2) is 17.5 Å². The van der Waals surface area contributed by atoms with Gasteiger partial charge in [0.05, 0.1) is 25.3 Å². The van der Waals surface area contributed by atoms with E-state index in [2.05, 4.69) is 4.57 Å². The monoisotopic (exact) mass is 382 g/mol. The molecule has 0 atom stereocenters. The number of imidazole rings is 1. The topological polar surface area (TPSA) is 62.1 Å². The summed E-state index contributed by atoms with van der Waals surface area (Å²) in [4.78, 5) is 14.3. The Balaban J connectivity index is 1.82. The highest BCUT2D eigenvalue weighted by Gasteiger charge is 2.21. The molecular weight excluding hydrogens is 364 g/mol. The number of aromatic nitrogens is 4. The van der Waals surface area contributed by atoms with Gasteiger partial charge in [-0.3, -0.25) is 4.57 Å². The van der Waals surface area contributed by atoms with Crippen LogP contribution in [0.4, 0.5) is 0 Å². The van der Waals surface area contributed by atoms with Crippen molar-refractivity contribution in [1.29, 1.82) is 0 Å². The van der Waals surface area contributed by atoms with Crippen LogP contribution in [0.1, 0.15) is 0 Å². The van der Waals surface area contributed by atoms with Gasteiger partial charge >= 0.3 is 0 Å². The summed E-state index contributed by atoms with van der Waals surface area (Å²) in [5, 5.41) is 0. The average molecular weight is 382 g/mol. The molecule has 142 valence electrons. The van der Waals surface area contributed by atoms with Gasteiger partial charge in [-0.25, -0.2) is 15.0 Å². The largest absolute Gasteiger partial charge is 0.497 e. The van der Waals surface area contributed by atoms with Crippen molar-refractivity contribution in [2.24, 2.45) is 0 Å². The Bertz CT molecular complexity index is 1260. The maximum absolute atomic E-state index is 5.44. The molecule has 0 aliphatic carbocycles. The van der Waals surface area contributed by atoms with E-state index >= 15 is 0 Å². The van der Waals surface area contributed by atoms with Gasteiger partial charge in [0.1, 0.15) is 11.5 Å². The van der Waals surface area contributed by atoms with Gasteiger partial charge in [-0.2, -0.15) is 0 Å². The van der Waals surface area contributed by atoms with Gasteiger partial charge in [0.2, 0.25) is 0 Å². The molecular formula is C23H18N4O2. The minimum absolute atomic E-state index is 0.595. The number of nitrogens with zero attached hydrogens (tertiary/aromatic N) is 4. The van der Waals surface area contributed by atoms with E-state index < -0.39 is 0 Å². The molecule has 0 saturated carbocycles. The molecule has 6 nitrogen and oxygen atoms in total. The third kappa shape index (κ3) is 2.95. The standard InChI is InChI=1S/C23H18N4O2/c1-28-17-10-8-16(9-11-17)27-20-14-18(29-2)12-13-19(20)24-22-23(27)26-21(25-22)15-6-4-3-5-7-15/h3-14H,1-2H3. The smallest absolute Gasteiger partial charge is 0.199 e. The number of ether oxygens (including phenoxy) is 2. The summed E-state index contributed by atoms with van der Waals surface area (Å²) in [5.41, 5.74) is 3.60. The van der Waals surface area contributed by atoms with Gasteiger partial charge in [-0.1, -0.05) is 30.3 Å². The predicted octanol–water partition coefficient (Wildman–Crippen LogP) is 4.60. The van der Waals surface area contributed by atoms with Crippen LogP contribution in [-0.2, 0) is 0 Å². The molecule has 3 aromatic carbocycles. The molecule has 2 aliphatic rings. The molecule has 0 aromatic heterocycles. The van der Waals surface area contributed by atoms with E-state index in [4.69, 9.17) is 24.4 Å². The van der Waals surface area contributed by atoms with Crippen LogP contribution >= 0.6 is 0 Å². The van der Waals surface area contributed by atoms with Crippen molar-refractivity contribution >= 4 is 11.0 Å². The lowest BCUT2D eigenvalue weighted by atomic mass is 10.2. The molecule has 0 spiro atoms. The fourth-order valence-electron chi connectivity index (χ4n) is 3.39. The van der Waals surface area contributed by atoms with Crippen molar-refractivity contribution in [3.63, 3.8) is 0 Å². The van der Waals surface area contributed by atoms with Crippen LogP contribution in [0.25, 0.3) is 39.8 Å². The van der Waals surface area contributed by atoms with Gasteiger partial charge < -0.3 is 9.47 Å². The number of rotatable bonds is 4. The highest BCUT2D eigenvalue weighted by Crippen LogP contribution is 2.32. The molecule has 0 fully saturated rings. The Morgan fingerprint density at radius 3 is 2.14 bits per heavy atom. The summed E-state index contributed by atoms with van der Waals surface area (Å²) in [7, 11) is 3.31. The second-order valence-electron chi connectivity index (χ2n) is 6.56. The van der Waals surface area contributed by atoms with E-state index in [1.54, 1.807) is 14.2 Å². The maximum atomic E-state index is 5.44. The van der Waals surface area contributed by atoms with E-state index in [1.165, 1.54) is 0 Å². The molecule has 29 heavy (non-hydrogen) atoms. The van der Waals surface area contributed by atoms with Crippen molar-refractivity contribution in [2.75, 3.05) is 14.2 Å². The first kappa shape index (κ1) is 17.2.